The van der Waals surface area contributed by atoms with Gasteiger partial charge in [0.15, 0.2) is 5.96 Å². The molecular weight excluding hydrogens is 344 g/mol. The first-order chi connectivity index (χ1) is 11.8. The molecule has 0 amide bonds. The van der Waals surface area contributed by atoms with Gasteiger partial charge in [0, 0.05) is 26.7 Å². The van der Waals surface area contributed by atoms with E-state index in [-0.39, 0.29) is 0 Å². The van der Waals surface area contributed by atoms with E-state index in [2.05, 4.69) is 15.6 Å². The molecule has 1 unspecified atom stereocenters. The molecule has 0 radical (unpaired) electrons. The molecule has 1 aromatic rings. The molecular formula is C16H28N4O4S. The Kier molecular flexibility index (Phi) is 6.86. The van der Waals surface area contributed by atoms with Crippen LogP contribution in [-0.4, -0.2) is 63.3 Å². The van der Waals surface area contributed by atoms with Crippen molar-refractivity contribution in [3.63, 3.8) is 0 Å². The van der Waals surface area contributed by atoms with Gasteiger partial charge in [0.1, 0.15) is 17.6 Å². The molecule has 1 atom stereocenters. The lowest BCUT2D eigenvalue weighted by Crippen LogP contribution is -2.44. The van der Waals surface area contributed by atoms with Gasteiger partial charge in [-0.2, -0.15) is 0 Å². The van der Waals surface area contributed by atoms with Gasteiger partial charge in [0.05, 0.1) is 12.8 Å². The first-order valence-electron chi connectivity index (χ1n) is 8.43. The van der Waals surface area contributed by atoms with Crippen molar-refractivity contribution in [3.05, 3.63) is 23.7 Å². The van der Waals surface area contributed by atoms with Crippen LogP contribution < -0.4 is 10.6 Å². The molecule has 1 fully saturated rings. The zero-order valence-electron chi connectivity index (χ0n) is 15.0. The minimum absolute atomic E-state index is 0.291. The SMILES string of the molecule is CN=C(NCC1CCN(S(C)(=O)=O)CC1)NCC(O)c1ccc(C)o1. The number of hydrogen-bond acceptors (Lipinski definition) is 5. The predicted octanol–water partition coefficient (Wildman–Crippen LogP) is 0.458. The molecule has 3 N–H and O–H groups in total. The van der Waals surface area contributed by atoms with Crippen molar-refractivity contribution in [1.29, 1.82) is 0 Å². The van der Waals surface area contributed by atoms with Crippen molar-refractivity contribution in [3.8, 4) is 0 Å². The summed E-state index contributed by atoms with van der Waals surface area (Å²) in [7, 11) is -1.42. The van der Waals surface area contributed by atoms with Gasteiger partial charge in [-0.3, -0.25) is 4.99 Å². The van der Waals surface area contributed by atoms with Crippen LogP contribution in [0.1, 0.15) is 30.5 Å². The summed E-state index contributed by atoms with van der Waals surface area (Å²) in [5.74, 6) is 2.28. The number of piperidine rings is 1. The maximum Gasteiger partial charge on any atom is 0.211 e. The first-order valence-corrected chi connectivity index (χ1v) is 10.3. The monoisotopic (exact) mass is 372 g/mol. The average Bonchev–Trinajstić information content (AvgIpc) is 3.01. The Morgan fingerprint density at radius 3 is 2.60 bits per heavy atom. The van der Waals surface area contributed by atoms with Crippen LogP contribution in [0.3, 0.4) is 0 Å². The van der Waals surface area contributed by atoms with Gasteiger partial charge in [-0.15, -0.1) is 0 Å². The summed E-state index contributed by atoms with van der Waals surface area (Å²) < 4.78 is 30.0. The summed E-state index contributed by atoms with van der Waals surface area (Å²) in [6, 6.07) is 3.57. The van der Waals surface area contributed by atoms with E-state index in [4.69, 9.17) is 4.42 Å². The topological polar surface area (TPSA) is 107 Å². The van der Waals surface area contributed by atoms with Gasteiger partial charge in [-0.1, -0.05) is 0 Å². The Hall–Kier alpha value is -1.58. The van der Waals surface area contributed by atoms with Gasteiger partial charge in [-0.25, -0.2) is 12.7 Å². The Balaban J connectivity index is 1.72. The molecule has 25 heavy (non-hydrogen) atoms. The lowest BCUT2D eigenvalue weighted by molar-refractivity contribution is 0.151. The summed E-state index contributed by atoms with van der Waals surface area (Å²) in [5, 5.41) is 16.4. The molecule has 0 aliphatic carbocycles. The summed E-state index contributed by atoms with van der Waals surface area (Å²) in [6.45, 7) is 3.97. The highest BCUT2D eigenvalue weighted by molar-refractivity contribution is 7.88. The summed E-state index contributed by atoms with van der Waals surface area (Å²) in [5.41, 5.74) is 0. The fourth-order valence-electron chi connectivity index (χ4n) is 2.83. The van der Waals surface area contributed by atoms with E-state index in [0.717, 1.165) is 18.6 Å². The number of aryl methyl sites for hydroxylation is 1. The number of sulfonamides is 1. The van der Waals surface area contributed by atoms with E-state index in [1.807, 2.05) is 13.0 Å². The molecule has 0 spiro atoms. The van der Waals surface area contributed by atoms with Gasteiger partial charge >= 0.3 is 0 Å². The van der Waals surface area contributed by atoms with Gasteiger partial charge in [0.2, 0.25) is 10.0 Å². The molecule has 1 saturated heterocycles. The van der Waals surface area contributed by atoms with Crippen LogP contribution in [0.25, 0.3) is 0 Å². The quantitative estimate of drug-likeness (QED) is 0.495. The number of aliphatic imine (C=N–C) groups is 1. The third-order valence-electron chi connectivity index (χ3n) is 4.38. The average molecular weight is 372 g/mol. The number of guanidine groups is 1. The molecule has 1 aromatic heterocycles. The van der Waals surface area contributed by atoms with Gasteiger partial charge in [-0.05, 0) is 37.8 Å². The van der Waals surface area contributed by atoms with Crippen LogP contribution >= 0.6 is 0 Å². The Morgan fingerprint density at radius 1 is 1.40 bits per heavy atom. The third kappa shape index (κ3) is 6.02. The molecule has 9 heteroatoms. The Bertz CT molecular complexity index is 678. The standard InChI is InChI=1S/C16H28N4O4S/c1-12-4-5-15(24-12)14(21)11-19-16(17-2)18-10-13-6-8-20(9-7-13)25(3,22)23/h4-5,13-14,21H,6-11H2,1-3H3,(H2,17,18,19). The molecule has 1 aliphatic heterocycles. The zero-order chi connectivity index (χ0) is 18.4. The zero-order valence-corrected chi connectivity index (χ0v) is 15.8. The summed E-state index contributed by atoms with van der Waals surface area (Å²) in [6.07, 6.45) is 2.16. The molecule has 2 rings (SSSR count). The van der Waals surface area contributed by atoms with Crippen LogP contribution in [0.2, 0.25) is 0 Å². The molecule has 0 aromatic carbocycles. The Morgan fingerprint density at radius 2 is 2.08 bits per heavy atom. The van der Waals surface area contributed by atoms with Crippen LogP contribution in [0.5, 0.6) is 0 Å². The minimum atomic E-state index is -3.09. The second-order valence-electron chi connectivity index (χ2n) is 6.40. The number of nitrogens with one attached hydrogen (secondary N) is 2. The second kappa shape index (κ2) is 8.68. The number of nitrogens with zero attached hydrogens (tertiary/aromatic N) is 2. The van der Waals surface area contributed by atoms with Crippen LogP contribution in [0.15, 0.2) is 21.5 Å². The maximum atomic E-state index is 11.5. The number of hydrogen-bond donors (Lipinski definition) is 3. The summed E-state index contributed by atoms with van der Waals surface area (Å²) in [4.78, 5) is 4.14. The van der Waals surface area contributed by atoms with Gasteiger partial charge in [0.25, 0.3) is 0 Å². The highest BCUT2D eigenvalue weighted by atomic mass is 32.2. The largest absolute Gasteiger partial charge is 0.464 e. The number of rotatable bonds is 6. The lowest BCUT2D eigenvalue weighted by atomic mass is 9.98. The molecule has 2 heterocycles. The predicted molar refractivity (Wildman–Crippen MR) is 96.9 cm³/mol. The van der Waals surface area contributed by atoms with Gasteiger partial charge < -0.3 is 20.2 Å². The highest BCUT2D eigenvalue weighted by Crippen LogP contribution is 2.18. The Labute approximate surface area is 149 Å². The molecule has 0 bridgehead atoms. The van der Waals surface area contributed by atoms with E-state index in [0.29, 0.717) is 43.8 Å². The van der Waals surface area contributed by atoms with Crippen LogP contribution in [-0.2, 0) is 10.0 Å². The minimum Gasteiger partial charge on any atom is -0.464 e. The van der Waals surface area contributed by atoms with E-state index in [1.165, 1.54) is 10.6 Å². The van der Waals surface area contributed by atoms with Crippen LogP contribution in [0, 0.1) is 12.8 Å². The van der Waals surface area contributed by atoms with Crippen molar-refractivity contribution in [2.45, 2.75) is 25.9 Å². The maximum absolute atomic E-state index is 11.5. The highest BCUT2D eigenvalue weighted by Gasteiger charge is 2.24. The van der Waals surface area contributed by atoms with Crippen molar-refractivity contribution >= 4 is 16.0 Å². The molecule has 142 valence electrons. The van der Waals surface area contributed by atoms with E-state index < -0.39 is 16.1 Å². The first kappa shape index (κ1) is 19.7. The second-order valence-corrected chi connectivity index (χ2v) is 8.39. The van der Waals surface area contributed by atoms with E-state index in [1.54, 1.807) is 13.1 Å². The van der Waals surface area contributed by atoms with Crippen LogP contribution in [0.4, 0.5) is 0 Å². The number of aliphatic hydroxyl groups is 1. The normalized spacial score (nSPS) is 19.0. The molecule has 0 saturated carbocycles. The van der Waals surface area contributed by atoms with Crippen molar-refractivity contribution < 1.29 is 17.9 Å². The summed E-state index contributed by atoms with van der Waals surface area (Å²) >= 11 is 0. The fraction of sp³-hybridized carbons (Fsp3) is 0.688. The van der Waals surface area contributed by atoms with E-state index in [9.17, 15) is 13.5 Å². The van der Waals surface area contributed by atoms with Crippen molar-refractivity contribution in [2.24, 2.45) is 10.9 Å². The fourth-order valence-corrected chi connectivity index (χ4v) is 3.71. The van der Waals surface area contributed by atoms with E-state index >= 15 is 0 Å². The molecule has 8 nitrogen and oxygen atoms in total. The molecule has 1 aliphatic rings. The third-order valence-corrected chi connectivity index (χ3v) is 5.68. The lowest BCUT2D eigenvalue weighted by Gasteiger charge is -2.30. The smallest absolute Gasteiger partial charge is 0.211 e. The number of aliphatic hydroxyl groups excluding tert-OH is 1. The number of furan rings is 1. The van der Waals surface area contributed by atoms with Crippen molar-refractivity contribution in [2.75, 3.05) is 39.5 Å². The van der Waals surface area contributed by atoms with Crippen molar-refractivity contribution in [1.82, 2.24) is 14.9 Å².